The van der Waals surface area contributed by atoms with E-state index in [0.29, 0.717) is 0 Å². The lowest BCUT2D eigenvalue weighted by molar-refractivity contribution is -0.131. The van der Waals surface area contributed by atoms with Crippen LogP contribution in [0.5, 0.6) is 0 Å². The van der Waals surface area contributed by atoms with Crippen molar-refractivity contribution >= 4 is 34.8 Å². The van der Waals surface area contributed by atoms with Crippen molar-refractivity contribution in [3.05, 3.63) is 36.1 Å². The van der Waals surface area contributed by atoms with Crippen LogP contribution < -0.4 is 0 Å². The molecule has 3 nitrogen and oxygen atoms in total. The Morgan fingerprint density at radius 2 is 2.29 bits per heavy atom. The van der Waals surface area contributed by atoms with E-state index < -0.39 is 5.97 Å². The molecule has 0 atom stereocenters. The summed E-state index contributed by atoms with van der Waals surface area (Å²) in [6.07, 6.45) is 4.42. The van der Waals surface area contributed by atoms with Gasteiger partial charge in [-0.05, 0) is 29.5 Å². The number of furan rings is 1. The second kappa shape index (κ2) is 5.10. The largest absolute Gasteiger partial charge is 0.478 e. The SMILES string of the molecule is CCSc1c(/C=C/C(=O)O)ccc2occc12. The van der Waals surface area contributed by atoms with Crippen LogP contribution in [-0.4, -0.2) is 16.8 Å². The first-order valence-corrected chi connectivity index (χ1v) is 6.25. The summed E-state index contributed by atoms with van der Waals surface area (Å²) in [5.41, 5.74) is 1.74. The zero-order chi connectivity index (χ0) is 12.3. The monoisotopic (exact) mass is 248 g/mol. The molecule has 0 amide bonds. The summed E-state index contributed by atoms with van der Waals surface area (Å²) in [4.78, 5) is 11.6. The van der Waals surface area contributed by atoms with Gasteiger partial charge in [0.15, 0.2) is 0 Å². The third-order valence-electron chi connectivity index (χ3n) is 2.31. The number of benzene rings is 1. The van der Waals surface area contributed by atoms with Crippen LogP contribution in [0.1, 0.15) is 12.5 Å². The molecule has 0 spiro atoms. The van der Waals surface area contributed by atoms with Gasteiger partial charge in [0.25, 0.3) is 0 Å². The molecular weight excluding hydrogens is 236 g/mol. The van der Waals surface area contributed by atoms with Gasteiger partial charge in [-0.3, -0.25) is 0 Å². The number of carbonyl (C=O) groups is 1. The fourth-order valence-corrected chi connectivity index (χ4v) is 2.55. The fraction of sp³-hybridized carbons (Fsp3) is 0.154. The molecule has 0 saturated heterocycles. The van der Waals surface area contributed by atoms with Gasteiger partial charge in [-0.25, -0.2) is 4.79 Å². The van der Waals surface area contributed by atoms with E-state index in [0.717, 1.165) is 33.3 Å². The Balaban J connectivity index is 2.53. The molecule has 1 heterocycles. The number of rotatable bonds is 4. The Bertz CT molecular complexity index is 569. The first kappa shape index (κ1) is 11.8. The lowest BCUT2D eigenvalue weighted by Gasteiger charge is -2.05. The predicted molar refractivity (Wildman–Crippen MR) is 69.3 cm³/mol. The summed E-state index contributed by atoms with van der Waals surface area (Å²) in [6, 6.07) is 5.64. The second-order valence-corrected chi connectivity index (χ2v) is 4.70. The minimum absolute atomic E-state index is 0.827. The summed E-state index contributed by atoms with van der Waals surface area (Å²) in [7, 11) is 0. The maximum absolute atomic E-state index is 10.5. The van der Waals surface area contributed by atoms with Crippen molar-refractivity contribution < 1.29 is 14.3 Å². The molecule has 0 bridgehead atoms. The normalized spacial score (nSPS) is 11.4. The van der Waals surface area contributed by atoms with E-state index in [4.69, 9.17) is 9.52 Å². The molecule has 0 aliphatic heterocycles. The molecular formula is C13H12O3S. The quantitative estimate of drug-likeness (QED) is 0.663. The van der Waals surface area contributed by atoms with Gasteiger partial charge >= 0.3 is 5.97 Å². The number of hydrogen-bond acceptors (Lipinski definition) is 3. The third kappa shape index (κ3) is 2.53. The predicted octanol–water partition coefficient (Wildman–Crippen LogP) is 3.64. The highest BCUT2D eigenvalue weighted by Gasteiger charge is 2.08. The summed E-state index contributed by atoms with van der Waals surface area (Å²) < 4.78 is 5.33. The fourth-order valence-electron chi connectivity index (χ4n) is 1.63. The van der Waals surface area contributed by atoms with Crippen molar-refractivity contribution in [1.29, 1.82) is 0 Å². The number of fused-ring (bicyclic) bond motifs is 1. The highest BCUT2D eigenvalue weighted by atomic mass is 32.2. The van der Waals surface area contributed by atoms with Crippen LogP contribution in [-0.2, 0) is 4.79 Å². The molecule has 2 aromatic rings. The van der Waals surface area contributed by atoms with Gasteiger partial charge in [0, 0.05) is 16.4 Å². The number of carboxylic acids is 1. The van der Waals surface area contributed by atoms with E-state index in [9.17, 15) is 4.79 Å². The average Bonchev–Trinajstić information content (AvgIpc) is 2.76. The van der Waals surface area contributed by atoms with Gasteiger partial charge in [-0.1, -0.05) is 13.0 Å². The van der Waals surface area contributed by atoms with Crippen LogP contribution >= 0.6 is 11.8 Å². The van der Waals surface area contributed by atoms with Crippen LogP contribution in [0.15, 0.2) is 39.9 Å². The average molecular weight is 248 g/mol. The first-order chi connectivity index (χ1) is 8.22. The molecule has 0 aliphatic carbocycles. The zero-order valence-electron chi connectivity index (χ0n) is 9.34. The van der Waals surface area contributed by atoms with Crippen molar-refractivity contribution in [2.75, 3.05) is 5.75 Å². The van der Waals surface area contributed by atoms with Crippen molar-refractivity contribution in [3.8, 4) is 0 Å². The summed E-state index contributed by atoms with van der Waals surface area (Å²) in [6.45, 7) is 2.06. The Morgan fingerprint density at radius 3 is 3.00 bits per heavy atom. The Morgan fingerprint density at radius 1 is 1.47 bits per heavy atom. The summed E-state index contributed by atoms with van der Waals surface area (Å²) >= 11 is 1.68. The number of aliphatic carboxylic acids is 1. The summed E-state index contributed by atoms with van der Waals surface area (Å²) in [5, 5.41) is 9.69. The third-order valence-corrected chi connectivity index (χ3v) is 3.34. The molecule has 17 heavy (non-hydrogen) atoms. The standard InChI is InChI=1S/C13H12O3S/c1-2-17-13-9(4-6-12(14)15)3-5-11-10(13)7-8-16-11/h3-8H,2H2,1H3,(H,14,15)/b6-4+. The van der Waals surface area contributed by atoms with Crippen molar-refractivity contribution in [2.24, 2.45) is 0 Å². The van der Waals surface area contributed by atoms with Gasteiger partial charge in [0.05, 0.1) is 6.26 Å². The smallest absolute Gasteiger partial charge is 0.328 e. The van der Waals surface area contributed by atoms with Gasteiger partial charge in [0.1, 0.15) is 5.58 Å². The molecule has 0 saturated carbocycles. The van der Waals surface area contributed by atoms with Gasteiger partial charge in [0.2, 0.25) is 0 Å². The molecule has 2 rings (SSSR count). The first-order valence-electron chi connectivity index (χ1n) is 5.26. The molecule has 0 unspecified atom stereocenters. The highest BCUT2D eigenvalue weighted by molar-refractivity contribution is 7.99. The maximum atomic E-state index is 10.5. The van der Waals surface area contributed by atoms with Crippen LogP contribution in [0, 0.1) is 0 Å². The van der Waals surface area contributed by atoms with E-state index in [1.807, 2.05) is 18.2 Å². The molecule has 1 aromatic heterocycles. The van der Waals surface area contributed by atoms with Gasteiger partial charge < -0.3 is 9.52 Å². The van der Waals surface area contributed by atoms with Crippen LogP contribution in [0.3, 0.4) is 0 Å². The molecule has 88 valence electrons. The minimum Gasteiger partial charge on any atom is -0.478 e. The number of thioether (sulfide) groups is 1. The molecule has 0 aliphatic rings. The van der Waals surface area contributed by atoms with E-state index in [1.54, 1.807) is 24.1 Å². The second-order valence-electron chi connectivity index (χ2n) is 3.42. The van der Waals surface area contributed by atoms with Crippen molar-refractivity contribution in [1.82, 2.24) is 0 Å². The molecule has 1 N–H and O–H groups in total. The molecule has 0 radical (unpaired) electrons. The molecule has 0 fully saturated rings. The van der Waals surface area contributed by atoms with Gasteiger partial charge in [-0.15, -0.1) is 11.8 Å². The Kier molecular flexibility index (Phi) is 3.54. The summed E-state index contributed by atoms with van der Waals surface area (Å²) in [5.74, 6) is -0.0113. The molecule has 4 heteroatoms. The van der Waals surface area contributed by atoms with E-state index in [2.05, 4.69) is 6.92 Å². The molecule has 1 aromatic carbocycles. The van der Waals surface area contributed by atoms with Crippen molar-refractivity contribution in [2.45, 2.75) is 11.8 Å². The highest BCUT2D eigenvalue weighted by Crippen LogP contribution is 2.32. The van der Waals surface area contributed by atoms with Crippen LogP contribution in [0.25, 0.3) is 17.0 Å². The Labute approximate surface area is 103 Å². The Hall–Kier alpha value is -1.68. The number of hydrogen-bond donors (Lipinski definition) is 1. The lowest BCUT2D eigenvalue weighted by atomic mass is 10.1. The van der Waals surface area contributed by atoms with Gasteiger partial charge in [-0.2, -0.15) is 0 Å². The zero-order valence-corrected chi connectivity index (χ0v) is 10.2. The van der Waals surface area contributed by atoms with Crippen LogP contribution in [0.4, 0.5) is 0 Å². The number of carboxylic acid groups (broad SMARTS) is 1. The maximum Gasteiger partial charge on any atom is 0.328 e. The lowest BCUT2D eigenvalue weighted by Crippen LogP contribution is -1.87. The van der Waals surface area contributed by atoms with Crippen LogP contribution in [0.2, 0.25) is 0 Å². The minimum atomic E-state index is -0.940. The van der Waals surface area contributed by atoms with Crippen molar-refractivity contribution in [3.63, 3.8) is 0 Å². The van der Waals surface area contributed by atoms with E-state index in [1.165, 1.54) is 0 Å². The van der Waals surface area contributed by atoms with E-state index in [-0.39, 0.29) is 0 Å². The topological polar surface area (TPSA) is 50.4 Å². The van der Waals surface area contributed by atoms with E-state index >= 15 is 0 Å².